The molecule has 3 rings (SSSR count). The summed E-state index contributed by atoms with van der Waals surface area (Å²) in [5.74, 6) is 0. The first-order valence-electron chi connectivity index (χ1n) is 4.82. The van der Waals surface area contributed by atoms with Crippen LogP contribution in [0.5, 0.6) is 0 Å². The number of imidazole rings is 1. The molecule has 0 amide bonds. The minimum Gasteiger partial charge on any atom is -0.389 e. The summed E-state index contributed by atoms with van der Waals surface area (Å²) in [6.45, 7) is 3.93. The third-order valence-electron chi connectivity index (χ3n) is 2.47. The Kier molecular flexibility index (Phi) is 2.02. The molecule has 0 saturated heterocycles. The van der Waals surface area contributed by atoms with Crippen molar-refractivity contribution in [3.05, 3.63) is 23.0 Å². The number of aryl methyl sites for hydroxylation is 2. The van der Waals surface area contributed by atoms with Crippen LogP contribution in [-0.2, 0) is 0 Å². The number of nitrogens with zero attached hydrogens (tertiary/aromatic N) is 3. The molecule has 0 atom stereocenters. The van der Waals surface area contributed by atoms with Gasteiger partial charge in [0.1, 0.15) is 15.7 Å². The minimum atomic E-state index is 0.777. The van der Waals surface area contributed by atoms with E-state index < -0.39 is 0 Å². The highest BCUT2D eigenvalue weighted by Crippen LogP contribution is 2.32. The second-order valence-electron chi connectivity index (χ2n) is 3.57. The van der Waals surface area contributed by atoms with Gasteiger partial charge in [-0.05, 0) is 13.8 Å². The van der Waals surface area contributed by atoms with E-state index in [1.807, 2.05) is 25.4 Å². The zero-order valence-corrected chi connectivity index (χ0v) is 10.5. The Balaban J connectivity index is 2.31. The molecule has 0 fully saturated rings. The van der Waals surface area contributed by atoms with Crippen LogP contribution in [0.3, 0.4) is 0 Å². The number of hydrogen-bond acceptors (Lipinski definition) is 5. The number of nitrogen functional groups attached to an aromatic ring is 1. The monoisotopic (exact) mass is 250 g/mol. The fourth-order valence-corrected chi connectivity index (χ4v) is 3.35. The van der Waals surface area contributed by atoms with Gasteiger partial charge in [0.2, 0.25) is 0 Å². The summed E-state index contributed by atoms with van der Waals surface area (Å²) in [4.78, 5) is 9.98. The van der Waals surface area contributed by atoms with Gasteiger partial charge in [0.25, 0.3) is 0 Å². The van der Waals surface area contributed by atoms with Gasteiger partial charge in [0.05, 0.1) is 11.4 Å². The number of nitrogens with two attached hydrogens (primary N) is 1. The van der Waals surface area contributed by atoms with E-state index in [1.54, 1.807) is 11.3 Å². The Bertz CT molecular complexity index is 642. The lowest BCUT2D eigenvalue weighted by Crippen LogP contribution is -1.85. The van der Waals surface area contributed by atoms with E-state index in [4.69, 9.17) is 5.73 Å². The lowest BCUT2D eigenvalue weighted by atomic mass is 10.3. The highest BCUT2D eigenvalue weighted by atomic mass is 32.1. The van der Waals surface area contributed by atoms with Gasteiger partial charge in [-0.2, -0.15) is 0 Å². The van der Waals surface area contributed by atoms with Crippen molar-refractivity contribution in [1.29, 1.82) is 0 Å². The molecule has 2 N–H and O–H groups in total. The molecule has 3 aromatic rings. The van der Waals surface area contributed by atoms with E-state index in [0.717, 1.165) is 32.1 Å². The Labute approximate surface area is 100 Å². The summed E-state index contributed by atoms with van der Waals surface area (Å²) >= 11 is 3.14. The average Bonchev–Trinajstić information content (AvgIpc) is 2.83. The summed E-state index contributed by atoms with van der Waals surface area (Å²) in [6, 6.07) is 0. The largest absolute Gasteiger partial charge is 0.389 e. The van der Waals surface area contributed by atoms with E-state index in [1.165, 1.54) is 11.3 Å². The SMILES string of the molecule is Cc1nc(-c2c(C)nc3sccn23)sc1N. The van der Waals surface area contributed by atoms with Crippen molar-refractivity contribution >= 4 is 32.6 Å². The molecular weight excluding hydrogens is 240 g/mol. The Morgan fingerprint density at radius 3 is 2.75 bits per heavy atom. The Morgan fingerprint density at radius 1 is 1.25 bits per heavy atom. The maximum atomic E-state index is 5.85. The fraction of sp³-hybridized carbons (Fsp3) is 0.200. The van der Waals surface area contributed by atoms with Crippen molar-refractivity contribution in [3.63, 3.8) is 0 Å². The Morgan fingerprint density at radius 2 is 2.06 bits per heavy atom. The first kappa shape index (κ1) is 9.80. The third-order valence-corrected chi connectivity index (χ3v) is 4.22. The molecule has 4 nitrogen and oxygen atoms in total. The van der Waals surface area contributed by atoms with Crippen LogP contribution in [-0.4, -0.2) is 14.4 Å². The van der Waals surface area contributed by atoms with Gasteiger partial charge >= 0.3 is 0 Å². The molecular formula is C10H10N4S2. The topological polar surface area (TPSA) is 56.2 Å². The molecule has 0 saturated carbocycles. The van der Waals surface area contributed by atoms with Gasteiger partial charge in [-0.3, -0.25) is 4.40 Å². The van der Waals surface area contributed by atoms with Crippen molar-refractivity contribution in [2.75, 3.05) is 5.73 Å². The van der Waals surface area contributed by atoms with E-state index in [0.29, 0.717) is 0 Å². The molecule has 0 spiro atoms. The van der Waals surface area contributed by atoms with Crippen molar-refractivity contribution in [1.82, 2.24) is 14.4 Å². The highest BCUT2D eigenvalue weighted by molar-refractivity contribution is 7.19. The molecule has 0 aliphatic carbocycles. The number of hydrogen-bond donors (Lipinski definition) is 1. The molecule has 0 aliphatic rings. The summed E-state index contributed by atoms with van der Waals surface area (Å²) < 4.78 is 2.07. The van der Waals surface area contributed by atoms with Gasteiger partial charge in [-0.15, -0.1) is 11.3 Å². The fourth-order valence-electron chi connectivity index (χ4n) is 1.66. The predicted molar refractivity (Wildman–Crippen MR) is 68.1 cm³/mol. The van der Waals surface area contributed by atoms with Gasteiger partial charge in [0.15, 0.2) is 4.96 Å². The van der Waals surface area contributed by atoms with Crippen LogP contribution in [0.4, 0.5) is 5.00 Å². The quantitative estimate of drug-likeness (QED) is 0.722. The molecule has 16 heavy (non-hydrogen) atoms. The number of thiazole rings is 2. The molecule has 82 valence electrons. The van der Waals surface area contributed by atoms with Crippen LogP contribution in [0.25, 0.3) is 15.7 Å². The van der Waals surface area contributed by atoms with Crippen LogP contribution < -0.4 is 5.73 Å². The van der Waals surface area contributed by atoms with Crippen molar-refractivity contribution in [2.24, 2.45) is 0 Å². The summed E-state index contributed by atoms with van der Waals surface area (Å²) in [7, 11) is 0. The second kappa shape index (κ2) is 3.29. The molecule has 0 unspecified atom stereocenters. The average molecular weight is 250 g/mol. The van der Waals surface area contributed by atoms with Gasteiger partial charge in [-0.25, -0.2) is 9.97 Å². The normalized spacial score (nSPS) is 11.4. The third kappa shape index (κ3) is 1.27. The summed E-state index contributed by atoms with van der Waals surface area (Å²) in [5.41, 5.74) is 8.80. The zero-order valence-electron chi connectivity index (χ0n) is 8.89. The molecule has 3 heterocycles. The minimum absolute atomic E-state index is 0.777. The molecule has 0 radical (unpaired) electrons. The summed E-state index contributed by atoms with van der Waals surface area (Å²) in [6.07, 6.45) is 2.02. The maximum absolute atomic E-state index is 5.85. The van der Waals surface area contributed by atoms with E-state index >= 15 is 0 Å². The van der Waals surface area contributed by atoms with Crippen LogP contribution in [0.2, 0.25) is 0 Å². The van der Waals surface area contributed by atoms with Gasteiger partial charge < -0.3 is 5.73 Å². The Hall–Kier alpha value is -1.40. The standard InChI is InChI=1S/C10H10N4S2/c1-5-7(9-12-6(2)8(11)16-9)14-3-4-15-10(14)13-5/h3-4H,11H2,1-2H3. The number of rotatable bonds is 1. The van der Waals surface area contributed by atoms with Crippen LogP contribution in [0.1, 0.15) is 11.4 Å². The van der Waals surface area contributed by atoms with Gasteiger partial charge in [-0.1, -0.05) is 11.3 Å². The van der Waals surface area contributed by atoms with Crippen LogP contribution in [0.15, 0.2) is 11.6 Å². The van der Waals surface area contributed by atoms with E-state index in [2.05, 4.69) is 14.4 Å². The summed E-state index contributed by atoms with van der Waals surface area (Å²) in [5, 5.41) is 3.74. The number of fused-ring (bicyclic) bond motifs is 1. The van der Waals surface area contributed by atoms with E-state index in [9.17, 15) is 0 Å². The smallest absolute Gasteiger partial charge is 0.194 e. The zero-order chi connectivity index (χ0) is 11.3. The molecule has 0 bridgehead atoms. The van der Waals surface area contributed by atoms with Gasteiger partial charge in [0, 0.05) is 11.6 Å². The second-order valence-corrected chi connectivity index (χ2v) is 5.47. The number of aromatic nitrogens is 3. The molecule has 0 aromatic carbocycles. The highest BCUT2D eigenvalue weighted by Gasteiger charge is 2.15. The predicted octanol–water partition coefficient (Wildman–Crippen LogP) is 2.72. The molecule has 3 aromatic heterocycles. The maximum Gasteiger partial charge on any atom is 0.194 e. The van der Waals surface area contributed by atoms with Crippen molar-refractivity contribution < 1.29 is 0 Å². The van der Waals surface area contributed by atoms with E-state index in [-0.39, 0.29) is 0 Å². The lowest BCUT2D eigenvalue weighted by Gasteiger charge is -1.94. The number of anilines is 1. The lowest BCUT2D eigenvalue weighted by molar-refractivity contribution is 1.19. The van der Waals surface area contributed by atoms with Crippen molar-refractivity contribution in [2.45, 2.75) is 13.8 Å². The molecule has 0 aliphatic heterocycles. The van der Waals surface area contributed by atoms with Crippen LogP contribution >= 0.6 is 22.7 Å². The van der Waals surface area contributed by atoms with Crippen molar-refractivity contribution in [3.8, 4) is 10.7 Å². The first-order chi connectivity index (χ1) is 7.66. The molecule has 6 heteroatoms. The van der Waals surface area contributed by atoms with Crippen LogP contribution in [0, 0.1) is 13.8 Å². The first-order valence-corrected chi connectivity index (χ1v) is 6.52.